The molecule has 1 atom stereocenters. The summed E-state index contributed by atoms with van der Waals surface area (Å²) in [4.78, 5) is 24.3. The molecule has 4 fully saturated rings. The van der Waals surface area contributed by atoms with Crippen LogP contribution in [0, 0.1) is 23.2 Å². The van der Waals surface area contributed by atoms with Gasteiger partial charge in [0.25, 0.3) is 5.91 Å². The van der Waals surface area contributed by atoms with E-state index in [-0.39, 0.29) is 17.9 Å². The van der Waals surface area contributed by atoms with E-state index < -0.39 is 12.0 Å². The van der Waals surface area contributed by atoms with E-state index >= 15 is 0 Å². The standard InChI is InChI=1S/C20H25NO4/c22-17(12-25-16-4-2-1-3-5-16)21-18(19(23)24)20-9-13-6-14(10-20)8-15(7-13)11-20/h1-5,13-15,18H,6-12H2,(H,21,22)(H,23,24)/t13?,14?,15?,18-,20?/m0/s1. The third-order valence-corrected chi connectivity index (χ3v) is 6.36. The number of hydrogen-bond donors (Lipinski definition) is 2. The van der Waals surface area contributed by atoms with Gasteiger partial charge in [0.1, 0.15) is 11.8 Å². The van der Waals surface area contributed by atoms with Crippen LogP contribution in [-0.4, -0.2) is 29.6 Å². The van der Waals surface area contributed by atoms with Gasteiger partial charge in [0.15, 0.2) is 6.61 Å². The van der Waals surface area contributed by atoms with E-state index in [1.807, 2.05) is 18.2 Å². The van der Waals surface area contributed by atoms with Crippen molar-refractivity contribution in [3.8, 4) is 5.75 Å². The fraction of sp³-hybridized carbons (Fsp3) is 0.600. The highest BCUT2D eigenvalue weighted by Gasteiger charge is 2.56. The van der Waals surface area contributed by atoms with Crippen LogP contribution in [0.3, 0.4) is 0 Å². The van der Waals surface area contributed by atoms with Crippen molar-refractivity contribution in [1.82, 2.24) is 5.32 Å². The lowest BCUT2D eigenvalue weighted by Gasteiger charge is -2.58. The lowest BCUT2D eigenvalue weighted by atomic mass is 9.47. The first-order valence-corrected chi connectivity index (χ1v) is 9.24. The summed E-state index contributed by atoms with van der Waals surface area (Å²) in [5, 5.41) is 12.6. The van der Waals surface area contributed by atoms with Gasteiger partial charge in [-0.2, -0.15) is 0 Å². The Balaban J connectivity index is 1.43. The second-order valence-corrected chi connectivity index (χ2v) is 8.22. The van der Waals surface area contributed by atoms with E-state index in [9.17, 15) is 14.7 Å². The van der Waals surface area contributed by atoms with Crippen LogP contribution in [0.15, 0.2) is 30.3 Å². The first-order chi connectivity index (χ1) is 12.0. The summed E-state index contributed by atoms with van der Waals surface area (Å²) in [5.41, 5.74) is -0.261. The molecule has 0 radical (unpaired) electrons. The molecule has 5 heteroatoms. The Morgan fingerprint density at radius 3 is 2.16 bits per heavy atom. The van der Waals surface area contributed by atoms with Gasteiger partial charge in [-0.15, -0.1) is 0 Å². The van der Waals surface area contributed by atoms with Crippen molar-refractivity contribution in [2.75, 3.05) is 6.61 Å². The van der Waals surface area contributed by atoms with E-state index in [2.05, 4.69) is 5.32 Å². The number of carboxylic acid groups (broad SMARTS) is 1. The Bertz CT molecular complexity index is 622. The van der Waals surface area contributed by atoms with E-state index in [0.29, 0.717) is 23.5 Å². The topological polar surface area (TPSA) is 75.6 Å². The number of carbonyl (C=O) groups is 2. The summed E-state index contributed by atoms with van der Waals surface area (Å²) in [7, 11) is 0. The van der Waals surface area contributed by atoms with E-state index in [1.54, 1.807) is 12.1 Å². The molecule has 5 rings (SSSR count). The Hall–Kier alpha value is -2.04. The van der Waals surface area contributed by atoms with Crippen molar-refractivity contribution in [2.24, 2.45) is 23.2 Å². The molecule has 0 aliphatic heterocycles. The van der Waals surface area contributed by atoms with Crippen molar-refractivity contribution in [3.63, 3.8) is 0 Å². The van der Waals surface area contributed by atoms with Gasteiger partial charge in [0.2, 0.25) is 0 Å². The number of amides is 1. The van der Waals surface area contributed by atoms with Crippen molar-refractivity contribution in [3.05, 3.63) is 30.3 Å². The summed E-state index contributed by atoms with van der Waals surface area (Å²) in [6, 6.07) is 8.31. The minimum Gasteiger partial charge on any atom is -0.484 e. The highest BCUT2D eigenvalue weighted by molar-refractivity contribution is 5.85. The molecule has 2 N–H and O–H groups in total. The van der Waals surface area contributed by atoms with Crippen LogP contribution in [0.25, 0.3) is 0 Å². The van der Waals surface area contributed by atoms with Crippen molar-refractivity contribution in [2.45, 2.75) is 44.6 Å². The van der Waals surface area contributed by atoms with Crippen LogP contribution < -0.4 is 10.1 Å². The van der Waals surface area contributed by atoms with Gasteiger partial charge in [0.05, 0.1) is 0 Å². The third kappa shape index (κ3) is 3.24. The van der Waals surface area contributed by atoms with E-state index in [4.69, 9.17) is 4.74 Å². The molecule has 4 bridgehead atoms. The molecule has 4 aliphatic rings. The van der Waals surface area contributed by atoms with Gasteiger partial charge in [0, 0.05) is 5.41 Å². The lowest BCUT2D eigenvalue weighted by Crippen LogP contribution is -2.60. The van der Waals surface area contributed by atoms with Gasteiger partial charge < -0.3 is 15.2 Å². The Morgan fingerprint density at radius 2 is 1.64 bits per heavy atom. The molecule has 0 aromatic heterocycles. The first-order valence-electron chi connectivity index (χ1n) is 9.24. The molecule has 0 unspecified atom stereocenters. The Kier molecular flexibility index (Phi) is 4.18. The fourth-order valence-corrected chi connectivity index (χ4v) is 5.88. The molecule has 1 aromatic carbocycles. The van der Waals surface area contributed by atoms with Crippen molar-refractivity contribution in [1.29, 1.82) is 0 Å². The summed E-state index contributed by atoms with van der Waals surface area (Å²) in [6.07, 6.45) is 6.56. The van der Waals surface area contributed by atoms with E-state index in [0.717, 1.165) is 19.3 Å². The number of para-hydroxylation sites is 1. The number of hydrogen-bond acceptors (Lipinski definition) is 3. The highest BCUT2D eigenvalue weighted by Crippen LogP contribution is 2.61. The predicted molar refractivity (Wildman–Crippen MR) is 92.1 cm³/mol. The maximum Gasteiger partial charge on any atom is 0.326 e. The molecule has 0 saturated heterocycles. The molecule has 0 spiro atoms. The van der Waals surface area contributed by atoms with Crippen LogP contribution in [0.1, 0.15) is 38.5 Å². The molecule has 4 aliphatic carbocycles. The van der Waals surface area contributed by atoms with E-state index in [1.165, 1.54) is 19.3 Å². The quantitative estimate of drug-likeness (QED) is 0.833. The number of ether oxygens (including phenoxy) is 1. The number of carboxylic acids is 1. The van der Waals surface area contributed by atoms with Crippen LogP contribution in [0.4, 0.5) is 0 Å². The first kappa shape index (κ1) is 16.4. The van der Waals surface area contributed by atoms with Gasteiger partial charge in [-0.05, 0) is 68.4 Å². The zero-order valence-electron chi connectivity index (χ0n) is 14.3. The molecule has 1 amide bonds. The number of rotatable bonds is 6. The summed E-state index contributed by atoms with van der Waals surface area (Å²) >= 11 is 0. The molecular formula is C20H25NO4. The zero-order valence-corrected chi connectivity index (χ0v) is 14.3. The molecule has 25 heavy (non-hydrogen) atoms. The molecule has 0 heterocycles. The second-order valence-electron chi connectivity index (χ2n) is 8.22. The number of benzene rings is 1. The monoisotopic (exact) mass is 343 g/mol. The Labute approximate surface area is 147 Å². The minimum absolute atomic E-state index is 0.153. The van der Waals surface area contributed by atoms with Crippen LogP contribution in [-0.2, 0) is 9.59 Å². The number of aliphatic carboxylic acids is 1. The maximum atomic E-state index is 12.3. The number of nitrogens with one attached hydrogen (secondary N) is 1. The fourth-order valence-electron chi connectivity index (χ4n) is 5.88. The molecular weight excluding hydrogens is 318 g/mol. The molecule has 4 saturated carbocycles. The third-order valence-electron chi connectivity index (χ3n) is 6.36. The second kappa shape index (κ2) is 6.36. The van der Waals surface area contributed by atoms with Crippen molar-refractivity contribution < 1.29 is 19.4 Å². The van der Waals surface area contributed by atoms with Crippen LogP contribution in [0.2, 0.25) is 0 Å². The molecule has 134 valence electrons. The average Bonchev–Trinajstić information content (AvgIpc) is 2.57. The molecule has 5 nitrogen and oxygen atoms in total. The largest absolute Gasteiger partial charge is 0.484 e. The SMILES string of the molecule is O=C(COc1ccccc1)N[C@@H](C(=O)O)C12CC3CC(CC(C3)C1)C2. The van der Waals surface area contributed by atoms with Gasteiger partial charge in [-0.1, -0.05) is 18.2 Å². The zero-order chi connectivity index (χ0) is 17.4. The van der Waals surface area contributed by atoms with Crippen LogP contribution >= 0.6 is 0 Å². The minimum atomic E-state index is -0.907. The normalized spacial score (nSPS) is 33.7. The maximum absolute atomic E-state index is 12.3. The predicted octanol–water partition coefficient (Wildman–Crippen LogP) is 2.85. The van der Waals surface area contributed by atoms with Crippen LogP contribution in [0.5, 0.6) is 5.75 Å². The summed E-state index contributed by atoms with van der Waals surface area (Å²) in [5.74, 6) is 1.28. The lowest BCUT2D eigenvalue weighted by molar-refractivity contribution is -0.154. The summed E-state index contributed by atoms with van der Waals surface area (Å²) < 4.78 is 5.46. The average molecular weight is 343 g/mol. The Morgan fingerprint density at radius 1 is 1.08 bits per heavy atom. The smallest absolute Gasteiger partial charge is 0.326 e. The number of carbonyl (C=O) groups excluding carboxylic acids is 1. The van der Waals surface area contributed by atoms with Crippen molar-refractivity contribution >= 4 is 11.9 Å². The highest BCUT2D eigenvalue weighted by atomic mass is 16.5. The summed E-state index contributed by atoms with van der Waals surface area (Å²) in [6.45, 7) is -0.153. The van der Waals surface area contributed by atoms with Gasteiger partial charge in [-0.3, -0.25) is 4.79 Å². The molecule has 1 aromatic rings. The van der Waals surface area contributed by atoms with Gasteiger partial charge in [-0.25, -0.2) is 4.79 Å². The van der Waals surface area contributed by atoms with Gasteiger partial charge >= 0.3 is 5.97 Å².